The van der Waals surface area contributed by atoms with E-state index in [4.69, 9.17) is 0 Å². The van der Waals surface area contributed by atoms with Crippen LogP contribution in [0, 0.1) is 0 Å². The van der Waals surface area contributed by atoms with Crippen LogP contribution in [-0.2, 0) is 17.9 Å². The molecule has 1 fully saturated rings. The van der Waals surface area contributed by atoms with Crippen molar-refractivity contribution >= 4 is 33.2 Å². The Bertz CT molecular complexity index is 653. The number of rotatable bonds is 6. The lowest BCUT2D eigenvalue weighted by Gasteiger charge is -2.29. The van der Waals surface area contributed by atoms with Crippen LogP contribution in [0.5, 0.6) is 0 Å². The number of thiophene rings is 1. The minimum absolute atomic E-state index is 0.152. The fourth-order valence-electron chi connectivity index (χ4n) is 3.09. The van der Waals surface area contributed by atoms with E-state index >= 15 is 0 Å². The number of piperazine rings is 1. The Morgan fingerprint density at radius 1 is 1.04 bits per heavy atom. The summed E-state index contributed by atoms with van der Waals surface area (Å²) in [6, 6.07) is 14.4. The van der Waals surface area contributed by atoms with Gasteiger partial charge in [-0.25, -0.2) is 0 Å². The van der Waals surface area contributed by atoms with Gasteiger partial charge in [-0.05, 0) is 33.6 Å². The summed E-state index contributed by atoms with van der Waals surface area (Å²) >= 11 is 5.35. The molecule has 1 amide bonds. The zero-order valence-electron chi connectivity index (χ0n) is 13.7. The maximum absolute atomic E-state index is 12.1. The summed E-state index contributed by atoms with van der Waals surface area (Å²) in [4.78, 5) is 16.6. The van der Waals surface area contributed by atoms with Gasteiger partial charge in [-0.3, -0.25) is 4.79 Å². The Labute approximate surface area is 155 Å². The number of carbonyl (C=O) groups is 1. The maximum Gasteiger partial charge on any atom is 0.275 e. The molecule has 0 bridgehead atoms. The van der Waals surface area contributed by atoms with E-state index in [-0.39, 0.29) is 5.91 Å². The Kier molecular flexibility index (Phi) is 6.43. The minimum atomic E-state index is 0.152. The smallest absolute Gasteiger partial charge is 0.275 e. The first-order valence-corrected chi connectivity index (χ1v) is 10.0. The second-order valence-corrected chi connectivity index (χ2v) is 8.87. The Morgan fingerprint density at radius 3 is 2.42 bits per heavy atom. The number of amides is 1. The van der Waals surface area contributed by atoms with Gasteiger partial charge in [0.1, 0.15) is 32.7 Å². The zero-order chi connectivity index (χ0) is 16.8. The second-order valence-electron chi connectivity index (χ2n) is 6.32. The lowest BCUT2D eigenvalue weighted by molar-refractivity contribution is -1.01. The first kappa shape index (κ1) is 17.6. The van der Waals surface area contributed by atoms with E-state index in [0.717, 1.165) is 38.3 Å². The van der Waals surface area contributed by atoms with Crippen LogP contribution in [0.2, 0.25) is 0 Å². The fraction of sp³-hybridized carbons (Fsp3) is 0.389. The number of nitrogens with one attached hydrogen (secondary N) is 3. The molecule has 2 aromatic rings. The summed E-state index contributed by atoms with van der Waals surface area (Å²) in [5.74, 6) is 0.152. The zero-order valence-corrected chi connectivity index (χ0v) is 16.1. The van der Waals surface area contributed by atoms with Gasteiger partial charge >= 0.3 is 0 Å². The van der Waals surface area contributed by atoms with Crippen molar-refractivity contribution in [1.82, 2.24) is 5.32 Å². The molecule has 0 unspecified atom stereocenters. The standard InChI is InChI=1S/C18H22BrN3OS/c19-17-7-6-16(24-17)13-21-8-10-22(11-9-21)14-18(23)20-12-15-4-2-1-3-5-15/h1-7H,8-14H2,(H,20,23)/p+2. The molecule has 0 saturated carbocycles. The Balaban J connectivity index is 1.36. The summed E-state index contributed by atoms with van der Waals surface area (Å²) < 4.78 is 1.20. The van der Waals surface area contributed by atoms with E-state index in [9.17, 15) is 4.79 Å². The van der Waals surface area contributed by atoms with Crippen molar-refractivity contribution in [3.05, 3.63) is 56.7 Å². The van der Waals surface area contributed by atoms with Gasteiger partial charge in [0.05, 0.1) is 8.66 Å². The molecule has 6 heteroatoms. The van der Waals surface area contributed by atoms with Crippen LogP contribution >= 0.6 is 27.3 Å². The molecule has 0 spiro atoms. The second kappa shape index (κ2) is 8.76. The topological polar surface area (TPSA) is 38.0 Å². The molecule has 4 nitrogen and oxygen atoms in total. The number of halogens is 1. The molecule has 1 aromatic carbocycles. The fourth-order valence-corrected chi connectivity index (χ4v) is 4.64. The third kappa shape index (κ3) is 5.41. The predicted molar refractivity (Wildman–Crippen MR) is 100 cm³/mol. The SMILES string of the molecule is O=C(C[NH+]1CC[NH+](Cc2ccc(Br)s2)CC1)NCc1ccccc1. The first-order chi connectivity index (χ1) is 11.7. The van der Waals surface area contributed by atoms with E-state index < -0.39 is 0 Å². The molecule has 1 saturated heterocycles. The van der Waals surface area contributed by atoms with E-state index in [1.165, 1.54) is 13.6 Å². The monoisotopic (exact) mass is 409 g/mol. The molecular formula is C18H24BrN3OS+2. The summed E-state index contributed by atoms with van der Waals surface area (Å²) in [6.07, 6.45) is 0. The van der Waals surface area contributed by atoms with Crippen molar-refractivity contribution in [2.75, 3.05) is 32.7 Å². The normalized spacial score (nSPS) is 20.7. The highest BCUT2D eigenvalue weighted by atomic mass is 79.9. The first-order valence-electron chi connectivity index (χ1n) is 8.41. The third-order valence-electron chi connectivity index (χ3n) is 4.46. The van der Waals surface area contributed by atoms with Crippen molar-refractivity contribution in [1.29, 1.82) is 0 Å². The van der Waals surface area contributed by atoms with Gasteiger partial charge in [0.25, 0.3) is 5.91 Å². The molecule has 2 heterocycles. The van der Waals surface area contributed by atoms with Crippen molar-refractivity contribution in [3.8, 4) is 0 Å². The molecule has 3 rings (SSSR count). The molecule has 1 aromatic heterocycles. The number of carbonyl (C=O) groups excluding carboxylic acids is 1. The molecule has 1 aliphatic rings. The summed E-state index contributed by atoms with van der Waals surface area (Å²) in [5, 5.41) is 3.03. The van der Waals surface area contributed by atoms with Crippen LogP contribution in [-0.4, -0.2) is 38.6 Å². The molecule has 128 valence electrons. The van der Waals surface area contributed by atoms with E-state index in [2.05, 4.69) is 33.4 Å². The van der Waals surface area contributed by atoms with Gasteiger partial charge in [-0.15, -0.1) is 11.3 Å². The molecule has 0 atom stereocenters. The molecule has 1 aliphatic heterocycles. The molecule has 0 radical (unpaired) electrons. The minimum Gasteiger partial charge on any atom is -0.347 e. The molecular weight excluding hydrogens is 386 g/mol. The highest BCUT2D eigenvalue weighted by Crippen LogP contribution is 2.21. The molecule has 0 aliphatic carbocycles. The van der Waals surface area contributed by atoms with Gasteiger partial charge in [0, 0.05) is 6.54 Å². The third-order valence-corrected chi connectivity index (χ3v) is 6.08. The summed E-state index contributed by atoms with van der Waals surface area (Å²) in [7, 11) is 0. The Morgan fingerprint density at radius 2 is 1.75 bits per heavy atom. The van der Waals surface area contributed by atoms with E-state index in [1.54, 1.807) is 4.90 Å². The van der Waals surface area contributed by atoms with E-state index in [1.807, 2.05) is 41.7 Å². The van der Waals surface area contributed by atoms with Crippen LogP contribution in [0.4, 0.5) is 0 Å². The largest absolute Gasteiger partial charge is 0.347 e. The average Bonchev–Trinajstić information content (AvgIpc) is 3.01. The quantitative estimate of drug-likeness (QED) is 0.622. The van der Waals surface area contributed by atoms with Crippen LogP contribution in [0.3, 0.4) is 0 Å². The maximum atomic E-state index is 12.1. The van der Waals surface area contributed by atoms with E-state index in [0.29, 0.717) is 13.1 Å². The molecule has 3 N–H and O–H groups in total. The van der Waals surface area contributed by atoms with Gasteiger partial charge in [-0.2, -0.15) is 0 Å². The number of quaternary nitrogens is 2. The highest BCUT2D eigenvalue weighted by molar-refractivity contribution is 9.11. The highest BCUT2D eigenvalue weighted by Gasteiger charge is 2.25. The number of benzene rings is 1. The summed E-state index contributed by atoms with van der Waals surface area (Å²) in [5.41, 5.74) is 1.15. The lowest BCUT2D eigenvalue weighted by Crippen LogP contribution is -3.28. The lowest BCUT2D eigenvalue weighted by atomic mass is 10.2. The van der Waals surface area contributed by atoms with Crippen LogP contribution in [0.25, 0.3) is 0 Å². The van der Waals surface area contributed by atoms with Crippen LogP contribution < -0.4 is 15.1 Å². The molecule has 24 heavy (non-hydrogen) atoms. The van der Waals surface area contributed by atoms with Gasteiger partial charge in [0.15, 0.2) is 6.54 Å². The van der Waals surface area contributed by atoms with Crippen LogP contribution in [0.15, 0.2) is 46.3 Å². The summed E-state index contributed by atoms with van der Waals surface area (Å²) in [6.45, 7) is 6.72. The average molecular weight is 410 g/mol. The van der Waals surface area contributed by atoms with Crippen LogP contribution in [0.1, 0.15) is 10.4 Å². The Hall–Kier alpha value is -1.21. The van der Waals surface area contributed by atoms with Crippen molar-refractivity contribution < 1.29 is 14.6 Å². The van der Waals surface area contributed by atoms with Crippen molar-refractivity contribution in [2.45, 2.75) is 13.1 Å². The predicted octanol–water partition coefficient (Wildman–Crippen LogP) is 0.110. The number of hydrogen-bond acceptors (Lipinski definition) is 2. The van der Waals surface area contributed by atoms with Crippen molar-refractivity contribution in [3.63, 3.8) is 0 Å². The van der Waals surface area contributed by atoms with Crippen molar-refractivity contribution in [2.24, 2.45) is 0 Å². The number of hydrogen-bond donors (Lipinski definition) is 3. The van der Waals surface area contributed by atoms with Gasteiger partial charge in [0.2, 0.25) is 0 Å². The van der Waals surface area contributed by atoms with Gasteiger partial charge in [-0.1, -0.05) is 30.3 Å². The van der Waals surface area contributed by atoms with Gasteiger partial charge < -0.3 is 15.1 Å².